The van der Waals surface area contributed by atoms with E-state index in [1.807, 2.05) is 34.9 Å². The smallest absolute Gasteiger partial charge is 0.234 e. The van der Waals surface area contributed by atoms with Crippen molar-refractivity contribution < 1.29 is 9.18 Å². The van der Waals surface area contributed by atoms with Crippen molar-refractivity contribution in [2.24, 2.45) is 0 Å². The number of halogens is 2. The molecule has 8 heteroatoms. The summed E-state index contributed by atoms with van der Waals surface area (Å²) in [6.45, 7) is 0. The van der Waals surface area contributed by atoms with Gasteiger partial charge in [0.25, 0.3) is 0 Å². The lowest BCUT2D eigenvalue weighted by Gasteiger charge is -2.11. The molecule has 0 radical (unpaired) electrons. The lowest BCUT2D eigenvalue weighted by molar-refractivity contribution is -0.113. The third-order valence-corrected chi connectivity index (χ3v) is 5.49. The largest absolute Gasteiger partial charge is 0.324 e. The summed E-state index contributed by atoms with van der Waals surface area (Å²) in [6, 6.07) is 22.7. The Labute approximate surface area is 181 Å². The minimum atomic E-state index is -0.324. The number of para-hydroxylation sites is 2. The minimum absolute atomic E-state index is 0.125. The van der Waals surface area contributed by atoms with Crippen LogP contribution in [0.4, 0.5) is 10.1 Å². The number of carbonyl (C=O) groups is 1. The molecular weight excluding hydrogens is 423 g/mol. The van der Waals surface area contributed by atoms with Crippen LogP contribution < -0.4 is 5.32 Å². The molecule has 0 atom stereocenters. The molecule has 4 rings (SSSR count). The topological polar surface area (TPSA) is 59.8 Å². The lowest BCUT2D eigenvalue weighted by Crippen LogP contribution is -2.14. The zero-order valence-corrected chi connectivity index (χ0v) is 17.2. The normalized spacial score (nSPS) is 10.7. The van der Waals surface area contributed by atoms with Crippen LogP contribution in [0.5, 0.6) is 0 Å². The van der Waals surface area contributed by atoms with Crippen LogP contribution in [0, 0.1) is 5.82 Å². The average molecular weight is 439 g/mol. The van der Waals surface area contributed by atoms with E-state index < -0.39 is 0 Å². The molecule has 0 bridgehead atoms. The number of anilines is 1. The Bertz CT molecular complexity index is 1170. The summed E-state index contributed by atoms with van der Waals surface area (Å²) in [5.41, 5.74) is 2.12. The van der Waals surface area contributed by atoms with Crippen molar-refractivity contribution in [3.8, 4) is 17.1 Å². The molecular formula is C22H16ClFN4OS. The van der Waals surface area contributed by atoms with Gasteiger partial charge >= 0.3 is 0 Å². The number of benzene rings is 3. The summed E-state index contributed by atoms with van der Waals surface area (Å²) in [4.78, 5) is 12.4. The Morgan fingerprint density at radius 3 is 2.40 bits per heavy atom. The van der Waals surface area contributed by atoms with Gasteiger partial charge in [-0.2, -0.15) is 0 Å². The number of hydrogen-bond acceptors (Lipinski definition) is 4. The third-order valence-electron chi connectivity index (χ3n) is 4.23. The predicted molar refractivity (Wildman–Crippen MR) is 118 cm³/mol. The van der Waals surface area contributed by atoms with Crippen molar-refractivity contribution in [3.05, 3.63) is 89.7 Å². The van der Waals surface area contributed by atoms with Crippen LogP contribution in [0.2, 0.25) is 5.02 Å². The van der Waals surface area contributed by atoms with Gasteiger partial charge in [0.2, 0.25) is 5.91 Å². The average Bonchev–Trinajstić information content (AvgIpc) is 3.19. The molecule has 0 fully saturated rings. The second kappa shape index (κ2) is 9.11. The van der Waals surface area contributed by atoms with Gasteiger partial charge in [0.1, 0.15) is 5.82 Å². The molecule has 0 aliphatic rings. The monoisotopic (exact) mass is 438 g/mol. The number of hydrogen-bond donors (Lipinski definition) is 1. The van der Waals surface area contributed by atoms with Gasteiger partial charge in [-0.05, 0) is 48.5 Å². The highest BCUT2D eigenvalue weighted by Crippen LogP contribution is 2.28. The van der Waals surface area contributed by atoms with Crippen molar-refractivity contribution in [1.29, 1.82) is 0 Å². The van der Waals surface area contributed by atoms with Crippen LogP contribution in [-0.2, 0) is 4.79 Å². The fraction of sp³-hybridized carbons (Fsp3) is 0.0455. The van der Waals surface area contributed by atoms with E-state index in [-0.39, 0.29) is 17.5 Å². The molecule has 3 aromatic carbocycles. The maximum atomic E-state index is 13.3. The number of nitrogens with one attached hydrogen (secondary N) is 1. The van der Waals surface area contributed by atoms with Crippen LogP contribution in [0.3, 0.4) is 0 Å². The molecule has 0 saturated heterocycles. The highest BCUT2D eigenvalue weighted by molar-refractivity contribution is 7.99. The molecule has 0 spiro atoms. The first-order chi connectivity index (χ1) is 14.6. The van der Waals surface area contributed by atoms with E-state index in [2.05, 4.69) is 15.5 Å². The molecule has 30 heavy (non-hydrogen) atoms. The number of rotatable bonds is 6. The second-order valence-electron chi connectivity index (χ2n) is 6.30. The fourth-order valence-electron chi connectivity index (χ4n) is 2.84. The molecule has 0 saturated carbocycles. The third kappa shape index (κ3) is 4.53. The van der Waals surface area contributed by atoms with Crippen molar-refractivity contribution >= 4 is 35.0 Å². The molecule has 150 valence electrons. The van der Waals surface area contributed by atoms with E-state index in [0.717, 1.165) is 11.3 Å². The number of amides is 1. The Balaban J connectivity index is 1.59. The zero-order valence-electron chi connectivity index (χ0n) is 15.6. The van der Waals surface area contributed by atoms with E-state index in [0.29, 0.717) is 21.7 Å². The number of carbonyl (C=O) groups excluding carboxylic acids is 1. The summed E-state index contributed by atoms with van der Waals surface area (Å²) >= 11 is 7.35. The van der Waals surface area contributed by atoms with Crippen LogP contribution in [-0.4, -0.2) is 26.4 Å². The molecule has 0 unspecified atom stereocenters. The van der Waals surface area contributed by atoms with Gasteiger partial charge < -0.3 is 5.32 Å². The second-order valence-corrected chi connectivity index (χ2v) is 7.65. The maximum absolute atomic E-state index is 13.3. The first-order valence-electron chi connectivity index (χ1n) is 9.06. The summed E-state index contributed by atoms with van der Waals surface area (Å²) in [5.74, 6) is 0.157. The Kier molecular flexibility index (Phi) is 6.11. The van der Waals surface area contributed by atoms with E-state index >= 15 is 0 Å². The van der Waals surface area contributed by atoms with Crippen molar-refractivity contribution in [2.75, 3.05) is 11.1 Å². The number of thioether (sulfide) groups is 1. The van der Waals surface area contributed by atoms with Crippen molar-refractivity contribution in [1.82, 2.24) is 14.8 Å². The molecule has 1 aromatic heterocycles. The van der Waals surface area contributed by atoms with Gasteiger partial charge in [-0.15, -0.1) is 10.2 Å². The first-order valence-corrected chi connectivity index (χ1v) is 10.4. The van der Waals surface area contributed by atoms with Crippen LogP contribution in [0.15, 0.2) is 84.0 Å². The van der Waals surface area contributed by atoms with Crippen molar-refractivity contribution in [3.63, 3.8) is 0 Å². The summed E-state index contributed by atoms with van der Waals surface area (Å²) in [6.07, 6.45) is 0. The quantitative estimate of drug-likeness (QED) is 0.406. The van der Waals surface area contributed by atoms with Crippen molar-refractivity contribution in [2.45, 2.75) is 5.16 Å². The van der Waals surface area contributed by atoms with E-state index in [9.17, 15) is 9.18 Å². The highest BCUT2D eigenvalue weighted by atomic mass is 35.5. The first kappa shape index (κ1) is 20.1. The molecule has 1 N–H and O–H groups in total. The van der Waals surface area contributed by atoms with Gasteiger partial charge in [0.15, 0.2) is 11.0 Å². The van der Waals surface area contributed by atoms with Gasteiger partial charge in [-0.3, -0.25) is 9.36 Å². The van der Waals surface area contributed by atoms with Gasteiger partial charge in [-0.25, -0.2) is 4.39 Å². The van der Waals surface area contributed by atoms with Gasteiger partial charge in [0.05, 0.1) is 16.5 Å². The van der Waals surface area contributed by atoms with E-state index in [4.69, 9.17) is 11.6 Å². The SMILES string of the molecule is O=C(CSc1nnc(-c2ccc(F)cc2)n1-c1ccccc1)Nc1ccccc1Cl. The summed E-state index contributed by atoms with van der Waals surface area (Å²) in [5, 5.41) is 12.4. The minimum Gasteiger partial charge on any atom is -0.324 e. The number of nitrogens with zero attached hydrogens (tertiary/aromatic N) is 3. The molecule has 1 amide bonds. The number of aromatic nitrogens is 3. The van der Waals surface area contributed by atoms with E-state index in [1.54, 1.807) is 36.4 Å². The summed E-state index contributed by atoms with van der Waals surface area (Å²) < 4.78 is 15.2. The van der Waals surface area contributed by atoms with Gasteiger partial charge in [-0.1, -0.05) is 53.7 Å². The standard InChI is InChI=1S/C22H16ClFN4OS/c23-18-8-4-5-9-19(18)25-20(29)14-30-22-27-26-21(15-10-12-16(24)13-11-15)28(22)17-6-2-1-3-7-17/h1-13H,14H2,(H,25,29). The molecule has 4 aromatic rings. The Hall–Kier alpha value is -3.16. The van der Waals surface area contributed by atoms with Gasteiger partial charge in [0, 0.05) is 11.3 Å². The highest BCUT2D eigenvalue weighted by Gasteiger charge is 2.17. The Morgan fingerprint density at radius 2 is 1.67 bits per heavy atom. The lowest BCUT2D eigenvalue weighted by atomic mass is 10.2. The van der Waals surface area contributed by atoms with Crippen LogP contribution in [0.1, 0.15) is 0 Å². The van der Waals surface area contributed by atoms with Crippen LogP contribution >= 0.6 is 23.4 Å². The van der Waals surface area contributed by atoms with E-state index in [1.165, 1.54) is 23.9 Å². The maximum Gasteiger partial charge on any atom is 0.234 e. The molecule has 0 aliphatic heterocycles. The van der Waals surface area contributed by atoms with Crippen LogP contribution in [0.25, 0.3) is 17.1 Å². The fourth-order valence-corrected chi connectivity index (χ4v) is 3.77. The Morgan fingerprint density at radius 1 is 0.967 bits per heavy atom. The predicted octanol–water partition coefficient (Wildman–Crippen LogP) is 5.46. The zero-order chi connectivity index (χ0) is 20.9. The molecule has 1 heterocycles. The summed E-state index contributed by atoms with van der Waals surface area (Å²) in [7, 11) is 0. The molecule has 0 aliphatic carbocycles. The molecule has 5 nitrogen and oxygen atoms in total.